The average Bonchev–Trinajstić information content (AvgIpc) is 2.99. The highest BCUT2D eigenvalue weighted by molar-refractivity contribution is 5.79. The van der Waals surface area contributed by atoms with Crippen molar-refractivity contribution < 1.29 is 4.42 Å². The van der Waals surface area contributed by atoms with Gasteiger partial charge < -0.3 is 20.0 Å². The third-order valence-corrected chi connectivity index (χ3v) is 4.39. The lowest BCUT2D eigenvalue weighted by Crippen LogP contribution is -2.44. The number of aromatic nitrogens is 1. The van der Waals surface area contributed by atoms with Crippen molar-refractivity contribution in [3.63, 3.8) is 0 Å². The molecule has 1 saturated heterocycles. The van der Waals surface area contributed by atoms with Gasteiger partial charge in [0.15, 0.2) is 5.58 Å². The van der Waals surface area contributed by atoms with E-state index >= 15 is 0 Å². The van der Waals surface area contributed by atoms with Crippen molar-refractivity contribution in [3.05, 3.63) is 42.5 Å². The van der Waals surface area contributed by atoms with E-state index in [1.165, 1.54) is 5.69 Å². The van der Waals surface area contributed by atoms with Gasteiger partial charge in [-0.15, -0.1) is 0 Å². The lowest BCUT2D eigenvalue weighted by molar-refractivity contribution is 0.313. The van der Waals surface area contributed by atoms with Crippen LogP contribution in [0, 0.1) is 0 Å². The van der Waals surface area contributed by atoms with Crippen LogP contribution in [0.5, 0.6) is 0 Å². The summed E-state index contributed by atoms with van der Waals surface area (Å²) in [5, 5.41) is 0. The zero-order valence-electron chi connectivity index (χ0n) is 13.2. The van der Waals surface area contributed by atoms with Gasteiger partial charge in [0.2, 0.25) is 5.89 Å². The summed E-state index contributed by atoms with van der Waals surface area (Å²) in [6, 6.07) is 14.0. The number of benzene rings is 2. The van der Waals surface area contributed by atoms with E-state index < -0.39 is 0 Å². The van der Waals surface area contributed by atoms with Crippen LogP contribution in [0.25, 0.3) is 22.6 Å². The topological polar surface area (TPSA) is 58.5 Å². The molecule has 2 N–H and O–H groups in total. The summed E-state index contributed by atoms with van der Waals surface area (Å²) in [6.45, 7) is 4.35. The van der Waals surface area contributed by atoms with Gasteiger partial charge in [-0.1, -0.05) is 0 Å². The lowest BCUT2D eigenvalue weighted by Gasteiger charge is -2.34. The number of anilines is 2. The maximum absolute atomic E-state index is 5.82. The van der Waals surface area contributed by atoms with Gasteiger partial charge in [0, 0.05) is 43.1 Å². The Kier molecular flexibility index (Phi) is 3.42. The number of nitrogens with zero attached hydrogens (tertiary/aromatic N) is 3. The molecule has 1 fully saturated rings. The van der Waals surface area contributed by atoms with Crippen LogP contribution in [0.3, 0.4) is 0 Å². The van der Waals surface area contributed by atoms with Crippen LogP contribution in [0.1, 0.15) is 0 Å². The molecule has 0 radical (unpaired) electrons. The van der Waals surface area contributed by atoms with Gasteiger partial charge in [-0.25, -0.2) is 4.98 Å². The third kappa shape index (κ3) is 2.75. The quantitative estimate of drug-likeness (QED) is 0.738. The van der Waals surface area contributed by atoms with Crippen LogP contribution in [0.4, 0.5) is 11.4 Å². The van der Waals surface area contributed by atoms with E-state index in [2.05, 4.69) is 46.1 Å². The van der Waals surface area contributed by atoms with Crippen molar-refractivity contribution >= 4 is 22.5 Å². The second-order valence-corrected chi connectivity index (χ2v) is 6.08. The van der Waals surface area contributed by atoms with Crippen LogP contribution >= 0.6 is 0 Å². The Balaban J connectivity index is 1.59. The molecule has 23 heavy (non-hydrogen) atoms. The highest BCUT2D eigenvalue weighted by Crippen LogP contribution is 2.27. The van der Waals surface area contributed by atoms with Gasteiger partial charge in [0.1, 0.15) is 5.52 Å². The first-order chi connectivity index (χ1) is 11.2. The second-order valence-electron chi connectivity index (χ2n) is 6.08. The Bertz CT molecular complexity index is 817. The summed E-state index contributed by atoms with van der Waals surface area (Å²) in [5.41, 5.74) is 10.3. The fraction of sp³-hybridized carbons (Fsp3) is 0.278. The van der Waals surface area contributed by atoms with Crippen molar-refractivity contribution in [2.75, 3.05) is 43.9 Å². The summed E-state index contributed by atoms with van der Waals surface area (Å²) in [6.07, 6.45) is 0. The fourth-order valence-electron chi connectivity index (χ4n) is 2.95. The van der Waals surface area contributed by atoms with E-state index in [4.69, 9.17) is 10.2 Å². The summed E-state index contributed by atoms with van der Waals surface area (Å²) in [5.74, 6) is 0.635. The predicted molar refractivity (Wildman–Crippen MR) is 93.6 cm³/mol. The van der Waals surface area contributed by atoms with Gasteiger partial charge in [0.05, 0.1) is 0 Å². The molecule has 0 saturated carbocycles. The van der Waals surface area contributed by atoms with Gasteiger partial charge >= 0.3 is 0 Å². The van der Waals surface area contributed by atoms with Crippen molar-refractivity contribution in [1.29, 1.82) is 0 Å². The minimum absolute atomic E-state index is 0.635. The van der Waals surface area contributed by atoms with Crippen molar-refractivity contribution in [1.82, 2.24) is 9.88 Å². The first-order valence-electron chi connectivity index (χ1n) is 7.89. The normalized spacial score (nSPS) is 16.1. The summed E-state index contributed by atoms with van der Waals surface area (Å²) in [7, 11) is 2.17. The molecular weight excluding hydrogens is 288 g/mol. The van der Waals surface area contributed by atoms with E-state index in [1.807, 2.05) is 18.2 Å². The van der Waals surface area contributed by atoms with Crippen LogP contribution in [0.15, 0.2) is 46.9 Å². The number of oxazole rings is 1. The highest BCUT2D eigenvalue weighted by atomic mass is 16.3. The molecule has 0 spiro atoms. The number of nitrogen functional groups attached to an aromatic ring is 1. The smallest absolute Gasteiger partial charge is 0.227 e. The number of hydrogen-bond acceptors (Lipinski definition) is 5. The Labute approximate surface area is 135 Å². The number of rotatable bonds is 2. The van der Waals surface area contributed by atoms with Crippen LogP contribution in [-0.4, -0.2) is 43.1 Å². The predicted octanol–water partition coefficient (Wildman–Crippen LogP) is 2.83. The first-order valence-corrected chi connectivity index (χ1v) is 7.89. The largest absolute Gasteiger partial charge is 0.436 e. The standard InChI is InChI=1S/C18H20N4O/c1-21-8-10-22(11-9-21)15-5-2-13(3-6-15)18-20-16-12-14(19)4-7-17(16)23-18/h2-7,12H,8-11,19H2,1H3. The maximum atomic E-state index is 5.82. The molecule has 4 rings (SSSR count). The number of hydrogen-bond donors (Lipinski definition) is 1. The molecule has 1 aromatic heterocycles. The summed E-state index contributed by atoms with van der Waals surface area (Å²) >= 11 is 0. The highest BCUT2D eigenvalue weighted by Gasteiger charge is 2.15. The molecule has 2 heterocycles. The zero-order chi connectivity index (χ0) is 15.8. The number of likely N-dealkylation sites (N-methyl/N-ethyl adjacent to an activating group) is 1. The fourth-order valence-corrected chi connectivity index (χ4v) is 2.95. The molecular formula is C18H20N4O. The second kappa shape index (κ2) is 5.59. The summed E-state index contributed by atoms with van der Waals surface area (Å²) in [4.78, 5) is 9.30. The third-order valence-electron chi connectivity index (χ3n) is 4.39. The molecule has 118 valence electrons. The number of nitrogens with two attached hydrogens (primary N) is 1. The van der Waals surface area contributed by atoms with E-state index in [0.29, 0.717) is 11.6 Å². The lowest BCUT2D eigenvalue weighted by atomic mass is 10.2. The van der Waals surface area contributed by atoms with E-state index in [9.17, 15) is 0 Å². The summed E-state index contributed by atoms with van der Waals surface area (Å²) < 4.78 is 5.82. The van der Waals surface area contributed by atoms with Crippen LogP contribution in [-0.2, 0) is 0 Å². The minimum Gasteiger partial charge on any atom is -0.436 e. The molecule has 0 unspecified atom stereocenters. The Hall–Kier alpha value is -2.53. The van der Waals surface area contributed by atoms with Gasteiger partial charge in [-0.05, 0) is 49.5 Å². The molecule has 2 aromatic carbocycles. The van der Waals surface area contributed by atoms with Crippen molar-refractivity contribution in [2.24, 2.45) is 0 Å². The van der Waals surface area contributed by atoms with Crippen LogP contribution < -0.4 is 10.6 Å². The molecule has 5 nitrogen and oxygen atoms in total. The molecule has 0 bridgehead atoms. The molecule has 1 aliphatic heterocycles. The number of fused-ring (bicyclic) bond motifs is 1. The van der Waals surface area contributed by atoms with E-state index in [1.54, 1.807) is 0 Å². The Morgan fingerprint density at radius 1 is 1.00 bits per heavy atom. The van der Waals surface area contributed by atoms with E-state index in [0.717, 1.165) is 42.8 Å². The monoisotopic (exact) mass is 308 g/mol. The maximum Gasteiger partial charge on any atom is 0.227 e. The molecule has 3 aromatic rings. The van der Waals surface area contributed by atoms with Crippen molar-refractivity contribution in [2.45, 2.75) is 0 Å². The van der Waals surface area contributed by atoms with Crippen LogP contribution in [0.2, 0.25) is 0 Å². The van der Waals surface area contributed by atoms with Gasteiger partial charge in [-0.3, -0.25) is 0 Å². The zero-order valence-corrected chi connectivity index (χ0v) is 13.2. The molecule has 0 atom stereocenters. The van der Waals surface area contributed by atoms with Gasteiger partial charge in [0.25, 0.3) is 0 Å². The Morgan fingerprint density at radius 3 is 2.48 bits per heavy atom. The van der Waals surface area contributed by atoms with Gasteiger partial charge in [-0.2, -0.15) is 0 Å². The molecule has 0 amide bonds. The Morgan fingerprint density at radius 2 is 1.74 bits per heavy atom. The minimum atomic E-state index is 0.635. The molecule has 5 heteroatoms. The van der Waals surface area contributed by atoms with Crippen molar-refractivity contribution in [3.8, 4) is 11.5 Å². The number of piperazine rings is 1. The molecule has 0 aliphatic carbocycles. The SMILES string of the molecule is CN1CCN(c2ccc(-c3nc4cc(N)ccc4o3)cc2)CC1. The van der Waals surface area contributed by atoms with E-state index in [-0.39, 0.29) is 0 Å². The average molecular weight is 308 g/mol. The first kappa shape index (κ1) is 14.1. The molecule has 1 aliphatic rings.